The Kier molecular flexibility index (Phi) is 8.76. The van der Waals surface area contributed by atoms with Crippen LogP contribution >= 0.6 is 34.8 Å². The van der Waals surface area contributed by atoms with Gasteiger partial charge in [-0.1, -0.05) is 59.1 Å². The molecule has 0 heterocycles. The van der Waals surface area contributed by atoms with Crippen molar-refractivity contribution in [1.29, 1.82) is 0 Å². The second kappa shape index (κ2) is 12.4. The number of nitrogens with zero attached hydrogens (tertiary/aromatic N) is 1. The number of halogens is 3. The van der Waals surface area contributed by atoms with E-state index in [9.17, 15) is 14.4 Å². The zero-order chi connectivity index (χ0) is 27.1. The van der Waals surface area contributed by atoms with Crippen LogP contribution in [0.2, 0.25) is 15.1 Å². The van der Waals surface area contributed by atoms with Crippen molar-refractivity contribution in [2.24, 2.45) is 5.10 Å². The maximum atomic E-state index is 12.8. The zero-order valence-electron chi connectivity index (χ0n) is 19.5. The van der Waals surface area contributed by atoms with Gasteiger partial charge in [0.25, 0.3) is 11.8 Å². The molecule has 38 heavy (non-hydrogen) atoms. The van der Waals surface area contributed by atoms with Crippen LogP contribution in [-0.4, -0.2) is 24.0 Å². The fourth-order valence-corrected chi connectivity index (χ4v) is 3.91. The first kappa shape index (κ1) is 26.9. The van der Waals surface area contributed by atoms with Crippen molar-refractivity contribution in [3.05, 3.63) is 128 Å². The average molecular weight is 567 g/mol. The normalized spacial score (nSPS) is 10.7. The summed E-state index contributed by atoms with van der Waals surface area (Å²) < 4.78 is 5.48. The maximum absolute atomic E-state index is 12.8. The van der Waals surface area contributed by atoms with Crippen LogP contribution in [-0.2, 0) is 0 Å². The predicted molar refractivity (Wildman–Crippen MR) is 149 cm³/mol. The molecular formula is C28H18Cl3N3O4. The van der Waals surface area contributed by atoms with Crippen LogP contribution in [0.15, 0.2) is 96.1 Å². The van der Waals surface area contributed by atoms with Gasteiger partial charge in [-0.15, -0.1) is 0 Å². The van der Waals surface area contributed by atoms with Crippen LogP contribution in [0.3, 0.4) is 0 Å². The summed E-state index contributed by atoms with van der Waals surface area (Å²) in [6.07, 6.45) is 1.33. The molecule has 10 heteroatoms. The minimum absolute atomic E-state index is 0.147. The molecular weight excluding hydrogens is 549 g/mol. The molecule has 0 unspecified atom stereocenters. The average Bonchev–Trinajstić information content (AvgIpc) is 2.90. The van der Waals surface area contributed by atoms with Gasteiger partial charge in [0.1, 0.15) is 5.75 Å². The van der Waals surface area contributed by atoms with E-state index in [0.717, 1.165) is 0 Å². The molecule has 0 aliphatic carbocycles. The van der Waals surface area contributed by atoms with E-state index in [0.29, 0.717) is 26.9 Å². The van der Waals surface area contributed by atoms with Gasteiger partial charge >= 0.3 is 5.97 Å². The smallest absolute Gasteiger partial charge is 0.345 e. The fraction of sp³-hybridized carbons (Fsp3) is 0. The van der Waals surface area contributed by atoms with Gasteiger partial charge in [0.2, 0.25) is 0 Å². The number of para-hydroxylation sites is 2. The number of esters is 1. The molecule has 0 aliphatic rings. The summed E-state index contributed by atoms with van der Waals surface area (Å²) in [5.41, 5.74) is 3.88. The van der Waals surface area contributed by atoms with Gasteiger partial charge in [0, 0.05) is 21.2 Å². The molecule has 7 nitrogen and oxygen atoms in total. The number of amides is 2. The molecule has 0 radical (unpaired) electrons. The van der Waals surface area contributed by atoms with Crippen LogP contribution in [0, 0.1) is 0 Å². The first-order chi connectivity index (χ1) is 18.3. The molecule has 2 N–H and O–H groups in total. The summed E-state index contributed by atoms with van der Waals surface area (Å²) in [4.78, 5) is 38.0. The van der Waals surface area contributed by atoms with E-state index < -0.39 is 17.8 Å². The molecule has 0 saturated heterocycles. The number of hydrazone groups is 1. The number of rotatable bonds is 7. The number of carbonyl (C=O) groups excluding carboxylic acids is 3. The highest BCUT2D eigenvalue weighted by Crippen LogP contribution is 2.24. The Labute approximate surface area is 233 Å². The van der Waals surface area contributed by atoms with Crippen molar-refractivity contribution in [3.8, 4) is 5.75 Å². The quantitative estimate of drug-likeness (QED) is 0.110. The topological polar surface area (TPSA) is 96.9 Å². The Morgan fingerprint density at radius 1 is 0.737 bits per heavy atom. The molecule has 0 spiro atoms. The lowest BCUT2D eigenvalue weighted by Gasteiger charge is -2.10. The first-order valence-electron chi connectivity index (χ1n) is 11.1. The summed E-state index contributed by atoms with van der Waals surface area (Å²) in [6, 6.07) is 23.9. The summed E-state index contributed by atoms with van der Waals surface area (Å²) in [5, 5.41) is 7.76. The van der Waals surface area contributed by atoms with E-state index in [1.807, 2.05) is 0 Å². The highest BCUT2D eigenvalue weighted by molar-refractivity contribution is 6.36. The van der Waals surface area contributed by atoms with Crippen molar-refractivity contribution in [2.45, 2.75) is 0 Å². The van der Waals surface area contributed by atoms with Crippen LogP contribution in [0.25, 0.3) is 0 Å². The molecule has 0 bridgehead atoms. The number of carbonyl (C=O) groups is 3. The first-order valence-corrected chi connectivity index (χ1v) is 12.2. The summed E-state index contributed by atoms with van der Waals surface area (Å²) in [5.74, 6) is -1.43. The van der Waals surface area contributed by atoms with Crippen molar-refractivity contribution in [3.63, 3.8) is 0 Å². The van der Waals surface area contributed by atoms with Gasteiger partial charge in [-0.3, -0.25) is 9.59 Å². The van der Waals surface area contributed by atoms with Gasteiger partial charge in [0.05, 0.1) is 28.1 Å². The summed E-state index contributed by atoms with van der Waals surface area (Å²) in [6.45, 7) is 0. The van der Waals surface area contributed by atoms with Crippen LogP contribution in [0.5, 0.6) is 5.75 Å². The Bertz CT molecular complexity index is 1540. The van der Waals surface area contributed by atoms with Crippen molar-refractivity contribution < 1.29 is 19.1 Å². The molecule has 2 amide bonds. The second-order valence-corrected chi connectivity index (χ2v) is 9.04. The van der Waals surface area contributed by atoms with Crippen LogP contribution in [0.1, 0.15) is 36.6 Å². The second-order valence-electron chi connectivity index (χ2n) is 7.76. The lowest BCUT2D eigenvalue weighted by molar-refractivity contribution is 0.0734. The van der Waals surface area contributed by atoms with E-state index in [1.54, 1.807) is 72.8 Å². The number of nitrogens with one attached hydrogen (secondary N) is 2. The summed E-state index contributed by atoms with van der Waals surface area (Å²) >= 11 is 17.9. The largest absolute Gasteiger partial charge is 0.422 e. The SMILES string of the molecule is O=C(Nc1ccccc1C(=O)N/N=C\c1ccccc1OC(=O)c1ccc(Cl)cc1Cl)c1ccc(Cl)cc1. The third-order valence-electron chi connectivity index (χ3n) is 5.17. The Morgan fingerprint density at radius 2 is 1.42 bits per heavy atom. The monoisotopic (exact) mass is 565 g/mol. The lowest BCUT2D eigenvalue weighted by Crippen LogP contribution is -2.21. The zero-order valence-corrected chi connectivity index (χ0v) is 21.7. The van der Waals surface area contributed by atoms with Gasteiger partial charge < -0.3 is 10.1 Å². The molecule has 0 fully saturated rings. The van der Waals surface area contributed by atoms with Crippen molar-refractivity contribution in [2.75, 3.05) is 5.32 Å². The fourth-order valence-electron chi connectivity index (χ4n) is 3.30. The molecule has 4 aromatic carbocycles. The van der Waals surface area contributed by atoms with Crippen LogP contribution < -0.4 is 15.5 Å². The van der Waals surface area contributed by atoms with Gasteiger partial charge in [-0.2, -0.15) is 5.10 Å². The standard InChI is InChI=1S/C28H18Cl3N3O4/c29-19-11-9-17(10-12-19)26(35)33-24-7-3-2-6-22(24)27(36)34-32-16-18-5-1-4-8-25(18)38-28(37)21-14-13-20(30)15-23(21)31/h1-16H,(H,33,35)(H,34,36)/b32-16-. The van der Waals surface area contributed by atoms with E-state index >= 15 is 0 Å². The molecule has 0 atom stereocenters. The third-order valence-corrected chi connectivity index (χ3v) is 5.97. The molecule has 190 valence electrons. The van der Waals surface area contributed by atoms with Crippen molar-refractivity contribution >= 4 is 64.5 Å². The Morgan fingerprint density at radius 3 is 2.18 bits per heavy atom. The molecule has 0 aromatic heterocycles. The molecule has 0 aliphatic heterocycles. The predicted octanol–water partition coefficient (Wildman–Crippen LogP) is 6.88. The molecule has 4 rings (SSSR count). The maximum Gasteiger partial charge on any atom is 0.345 e. The van der Waals surface area contributed by atoms with E-state index in [4.69, 9.17) is 39.5 Å². The van der Waals surface area contributed by atoms with Crippen molar-refractivity contribution in [1.82, 2.24) is 5.43 Å². The lowest BCUT2D eigenvalue weighted by atomic mass is 10.1. The van der Waals surface area contributed by atoms with Gasteiger partial charge in [0.15, 0.2) is 0 Å². The number of hydrogen-bond donors (Lipinski definition) is 2. The molecule has 0 saturated carbocycles. The van der Waals surface area contributed by atoms with E-state index in [-0.39, 0.29) is 21.9 Å². The number of benzene rings is 4. The highest BCUT2D eigenvalue weighted by atomic mass is 35.5. The van der Waals surface area contributed by atoms with Crippen LogP contribution in [0.4, 0.5) is 5.69 Å². The van der Waals surface area contributed by atoms with Gasteiger partial charge in [-0.05, 0) is 66.7 Å². The van der Waals surface area contributed by atoms with E-state index in [2.05, 4.69) is 15.8 Å². The minimum Gasteiger partial charge on any atom is -0.422 e. The summed E-state index contributed by atoms with van der Waals surface area (Å²) in [7, 11) is 0. The van der Waals surface area contributed by atoms with E-state index in [1.165, 1.54) is 24.4 Å². The number of anilines is 1. The van der Waals surface area contributed by atoms with Gasteiger partial charge in [-0.25, -0.2) is 10.2 Å². The molecule has 4 aromatic rings. The highest BCUT2D eigenvalue weighted by Gasteiger charge is 2.16. The Hall–Kier alpha value is -4.17. The minimum atomic E-state index is -0.679. The number of hydrogen-bond acceptors (Lipinski definition) is 5. The third kappa shape index (κ3) is 6.77. The number of ether oxygens (including phenoxy) is 1. The Balaban J connectivity index is 1.45.